The molecule has 0 radical (unpaired) electrons. The summed E-state index contributed by atoms with van der Waals surface area (Å²) in [6, 6.07) is 4.09. The van der Waals surface area contributed by atoms with Crippen molar-refractivity contribution in [2.45, 2.75) is 30.8 Å². The minimum absolute atomic E-state index is 0.0942. The summed E-state index contributed by atoms with van der Waals surface area (Å²) in [6.45, 7) is 2.12. The molecular weight excluding hydrogens is 379 g/mol. The summed E-state index contributed by atoms with van der Waals surface area (Å²) in [5, 5.41) is 0. The van der Waals surface area contributed by atoms with Gasteiger partial charge in [0.05, 0.1) is 37.5 Å². The number of carbonyl (C=O) groups is 1. The van der Waals surface area contributed by atoms with Gasteiger partial charge in [0, 0.05) is 13.6 Å². The van der Waals surface area contributed by atoms with Gasteiger partial charge in [-0.05, 0) is 24.6 Å². The lowest BCUT2D eigenvalue weighted by molar-refractivity contribution is -0.138. The van der Waals surface area contributed by atoms with Gasteiger partial charge >= 0.3 is 6.18 Å². The van der Waals surface area contributed by atoms with Gasteiger partial charge in [0.1, 0.15) is 18.4 Å². The topological polar surface area (TPSA) is 72.1 Å². The molecule has 156 valence electrons. The van der Waals surface area contributed by atoms with E-state index in [1.165, 1.54) is 12.1 Å². The number of benzene rings is 1. The van der Waals surface area contributed by atoms with Crippen LogP contribution in [0.4, 0.5) is 13.2 Å². The van der Waals surface area contributed by atoms with Crippen molar-refractivity contribution in [1.82, 2.24) is 15.8 Å². The number of likely N-dealkylation sites (N-methyl/N-ethyl adjacent to an activating group) is 1. The van der Waals surface area contributed by atoms with Gasteiger partial charge in [-0.2, -0.15) is 13.2 Å². The monoisotopic (exact) mass is 403 g/mol. The first kappa shape index (κ1) is 20.8. The molecular formula is C18H24F3N3O4. The lowest BCUT2D eigenvalue weighted by Gasteiger charge is -2.28. The Morgan fingerprint density at radius 2 is 2.14 bits per heavy atom. The number of hydrogen-bond donors (Lipinski definition) is 2. The van der Waals surface area contributed by atoms with Crippen LogP contribution in [-0.2, 0) is 20.4 Å². The van der Waals surface area contributed by atoms with Gasteiger partial charge in [-0.25, -0.2) is 5.43 Å². The number of ether oxygens (including phenoxy) is 3. The van der Waals surface area contributed by atoms with E-state index in [0.29, 0.717) is 32.8 Å². The van der Waals surface area contributed by atoms with Gasteiger partial charge in [0.2, 0.25) is 5.91 Å². The van der Waals surface area contributed by atoms with E-state index in [0.717, 1.165) is 12.1 Å². The summed E-state index contributed by atoms with van der Waals surface area (Å²) in [4.78, 5) is 14.1. The highest BCUT2D eigenvalue weighted by Gasteiger charge is 2.33. The molecule has 7 nitrogen and oxygen atoms in total. The van der Waals surface area contributed by atoms with Crippen LogP contribution in [0, 0.1) is 0 Å². The molecule has 28 heavy (non-hydrogen) atoms. The molecule has 1 aromatic carbocycles. The second kappa shape index (κ2) is 9.08. The van der Waals surface area contributed by atoms with E-state index >= 15 is 0 Å². The van der Waals surface area contributed by atoms with E-state index in [2.05, 4.69) is 10.9 Å². The first-order chi connectivity index (χ1) is 13.3. The quantitative estimate of drug-likeness (QED) is 0.744. The van der Waals surface area contributed by atoms with E-state index in [1.54, 1.807) is 11.9 Å². The highest BCUT2D eigenvalue weighted by molar-refractivity contribution is 5.82. The predicted molar refractivity (Wildman–Crippen MR) is 93.6 cm³/mol. The number of carbonyl (C=O) groups excluding carboxylic acids is 1. The highest BCUT2D eigenvalue weighted by atomic mass is 19.4. The van der Waals surface area contributed by atoms with Gasteiger partial charge in [-0.1, -0.05) is 6.07 Å². The van der Waals surface area contributed by atoms with Crippen molar-refractivity contribution in [2.75, 3.05) is 40.0 Å². The fourth-order valence-electron chi connectivity index (χ4n) is 3.16. The van der Waals surface area contributed by atoms with E-state index in [9.17, 15) is 18.0 Å². The summed E-state index contributed by atoms with van der Waals surface area (Å²) in [5.41, 5.74) is 5.13. The summed E-state index contributed by atoms with van der Waals surface area (Å²) in [7, 11) is 1.70. The van der Waals surface area contributed by atoms with Crippen molar-refractivity contribution in [3.05, 3.63) is 29.8 Å². The molecule has 3 rings (SSSR count). The SMILES string of the molecule is CN(CC1COCCO1)C(=O)C1CC(COc2cccc(C(F)(F)F)c2)NN1. The molecule has 2 saturated heterocycles. The fourth-order valence-corrected chi connectivity index (χ4v) is 3.16. The van der Waals surface area contributed by atoms with E-state index < -0.39 is 17.8 Å². The van der Waals surface area contributed by atoms with Crippen LogP contribution in [0.3, 0.4) is 0 Å². The molecule has 2 fully saturated rings. The summed E-state index contributed by atoms with van der Waals surface area (Å²) < 4.78 is 54.6. The Morgan fingerprint density at radius 1 is 1.32 bits per heavy atom. The minimum Gasteiger partial charge on any atom is -0.492 e. The Balaban J connectivity index is 1.45. The zero-order chi connectivity index (χ0) is 20.1. The molecule has 0 spiro atoms. The average molecular weight is 403 g/mol. The van der Waals surface area contributed by atoms with Gasteiger partial charge < -0.3 is 19.1 Å². The smallest absolute Gasteiger partial charge is 0.416 e. The summed E-state index contributed by atoms with van der Waals surface area (Å²) in [6.07, 6.45) is -4.09. The van der Waals surface area contributed by atoms with Crippen LogP contribution in [-0.4, -0.2) is 69.0 Å². The Labute approximate surface area is 161 Å². The molecule has 0 bridgehead atoms. The van der Waals surface area contributed by atoms with Crippen molar-refractivity contribution < 1.29 is 32.2 Å². The molecule has 1 amide bonds. The summed E-state index contributed by atoms with van der Waals surface area (Å²) >= 11 is 0. The number of rotatable bonds is 6. The predicted octanol–water partition coefficient (Wildman–Crippen LogP) is 1.19. The van der Waals surface area contributed by atoms with Crippen LogP contribution < -0.4 is 15.6 Å². The number of nitrogens with zero attached hydrogens (tertiary/aromatic N) is 1. The lowest BCUT2D eigenvalue weighted by Crippen LogP contribution is -2.48. The number of hydrogen-bond acceptors (Lipinski definition) is 6. The zero-order valence-corrected chi connectivity index (χ0v) is 15.5. The molecule has 1 aromatic rings. The number of amides is 1. The van der Waals surface area contributed by atoms with Gasteiger partial charge in [0.25, 0.3) is 0 Å². The molecule has 0 saturated carbocycles. The van der Waals surface area contributed by atoms with E-state index in [1.807, 2.05) is 0 Å². The van der Waals surface area contributed by atoms with Crippen LogP contribution >= 0.6 is 0 Å². The van der Waals surface area contributed by atoms with Gasteiger partial charge in [-0.15, -0.1) is 0 Å². The maximum Gasteiger partial charge on any atom is 0.416 e. The molecule has 3 unspecified atom stereocenters. The van der Waals surface area contributed by atoms with Gasteiger partial charge in [0.15, 0.2) is 0 Å². The largest absolute Gasteiger partial charge is 0.492 e. The van der Waals surface area contributed by atoms with E-state index in [4.69, 9.17) is 14.2 Å². The van der Waals surface area contributed by atoms with Gasteiger partial charge in [-0.3, -0.25) is 10.2 Å². The third-order valence-corrected chi connectivity index (χ3v) is 4.63. The molecule has 2 N–H and O–H groups in total. The number of nitrogens with one attached hydrogen (secondary N) is 2. The molecule has 2 aliphatic rings. The van der Waals surface area contributed by atoms with Crippen molar-refractivity contribution in [3.8, 4) is 5.75 Å². The molecule has 3 atom stereocenters. The maximum absolute atomic E-state index is 12.8. The fraction of sp³-hybridized carbons (Fsp3) is 0.611. The second-order valence-corrected chi connectivity index (χ2v) is 6.90. The normalized spacial score (nSPS) is 25.5. The third kappa shape index (κ3) is 5.57. The zero-order valence-electron chi connectivity index (χ0n) is 15.5. The number of halogens is 3. The van der Waals surface area contributed by atoms with Crippen molar-refractivity contribution in [1.29, 1.82) is 0 Å². The van der Waals surface area contributed by atoms with Crippen molar-refractivity contribution in [3.63, 3.8) is 0 Å². The first-order valence-corrected chi connectivity index (χ1v) is 9.08. The number of alkyl halides is 3. The Hall–Kier alpha value is -1.88. The average Bonchev–Trinajstić information content (AvgIpc) is 3.15. The molecule has 2 aliphatic heterocycles. The second-order valence-electron chi connectivity index (χ2n) is 6.90. The van der Waals surface area contributed by atoms with Crippen LogP contribution in [0.5, 0.6) is 5.75 Å². The Bertz CT molecular complexity index is 668. The molecule has 2 heterocycles. The van der Waals surface area contributed by atoms with Crippen LogP contribution in [0.1, 0.15) is 12.0 Å². The molecule has 10 heteroatoms. The molecule has 0 aromatic heterocycles. The van der Waals surface area contributed by atoms with Crippen molar-refractivity contribution in [2.24, 2.45) is 0 Å². The van der Waals surface area contributed by atoms with E-state index in [-0.39, 0.29) is 30.4 Å². The van der Waals surface area contributed by atoms with Crippen molar-refractivity contribution >= 4 is 5.91 Å². The Kier molecular flexibility index (Phi) is 6.76. The van der Waals surface area contributed by atoms with Crippen LogP contribution in [0.25, 0.3) is 0 Å². The standard InChI is InChI=1S/C18H24F3N3O4/c1-24(9-15-11-26-5-6-27-15)17(25)16-8-13(22-23-16)10-28-14-4-2-3-12(7-14)18(19,20)21/h2-4,7,13,15-16,22-23H,5-6,8-11H2,1H3. The maximum atomic E-state index is 12.8. The first-order valence-electron chi connectivity index (χ1n) is 9.08. The summed E-state index contributed by atoms with van der Waals surface area (Å²) in [5.74, 6) is 0.0428. The number of hydrazine groups is 1. The highest BCUT2D eigenvalue weighted by Crippen LogP contribution is 2.31. The minimum atomic E-state index is -4.41. The Morgan fingerprint density at radius 3 is 2.86 bits per heavy atom. The lowest BCUT2D eigenvalue weighted by atomic mass is 10.1. The third-order valence-electron chi connectivity index (χ3n) is 4.63. The van der Waals surface area contributed by atoms with Crippen LogP contribution in [0.15, 0.2) is 24.3 Å². The molecule has 0 aliphatic carbocycles. The van der Waals surface area contributed by atoms with Crippen LogP contribution in [0.2, 0.25) is 0 Å².